The molecule has 1 fully saturated rings. The molecule has 1 saturated heterocycles. The Morgan fingerprint density at radius 1 is 1.47 bits per heavy atom. The van der Waals surface area contributed by atoms with Crippen LogP contribution in [-0.2, 0) is 4.74 Å². The number of nitrogens with zero attached hydrogens (tertiary/aromatic N) is 1. The summed E-state index contributed by atoms with van der Waals surface area (Å²) in [7, 11) is 1.99. The van der Waals surface area contributed by atoms with E-state index >= 15 is 0 Å². The Bertz CT molecular complexity index is 450. The molecule has 2 rings (SSSR count). The fourth-order valence-corrected chi connectivity index (χ4v) is 2.56. The highest BCUT2D eigenvalue weighted by Gasteiger charge is 2.27. The van der Waals surface area contributed by atoms with Crippen LogP contribution in [0.2, 0.25) is 0 Å². The molecule has 1 aromatic rings. The van der Waals surface area contributed by atoms with E-state index in [4.69, 9.17) is 4.74 Å². The molecule has 0 aromatic heterocycles. The Morgan fingerprint density at radius 3 is 2.84 bits per heavy atom. The van der Waals surface area contributed by atoms with Crippen molar-refractivity contribution in [3.63, 3.8) is 0 Å². The molecule has 0 spiro atoms. The zero-order valence-electron chi connectivity index (χ0n) is 11.4. The first-order chi connectivity index (χ1) is 9.09. The first-order valence-electron chi connectivity index (χ1n) is 6.69. The quantitative estimate of drug-likeness (QED) is 0.766. The third kappa shape index (κ3) is 3.39. The number of carbonyl (C=O) groups is 1. The summed E-state index contributed by atoms with van der Waals surface area (Å²) in [6.45, 7) is 3.45. The second-order valence-electron chi connectivity index (χ2n) is 5.07. The van der Waals surface area contributed by atoms with Gasteiger partial charge in [0.1, 0.15) is 5.82 Å². The molecule has 104 valence electrons. The Hall–Kier alpha value is -1.26. The Balaban J connectivity index is 1.88. The lowest BCUT2D eigenvalue weighted by atomic mass is 10.1. The van der Waals surface area contributed by atoms with Crippen molar-refractivity contribution >= 4 is 5.78 Å². The molecular formula is C15H20FNO2. The molecule has 1 aromatic carbocycles. The number of ether oxygens (including phenoxy) is 1. The van der Waals surface area contributed by atoms with Crippen LogP contribution in [0.3, 0.4) is 0 Å². The van der Waals surface area contributed by atoms with Crippen molar-refractivity contribution in [1.82, 2.24) is 4.90 Å². The molecule has 0 saturated carbocycles. The summed E-state index contributed by atoms with van der Waals surface area (Å²) < 4.78 is 19.0. The van der Waals surface area contributed by atoms with Crippen molar-refractivity contribution in [3.05, 3.63) is 35.6 Å². The van der Waals surface area contributed by atoms with Gasteiger partial charge in [0.05, 0.1) is 11.7 Å². The van der Waals surface area contributed by atoms with E-state index < -0.39 is 5.82 Å². The molecule has 0 amide bonds. The normalized spacial score (nSPS) is 22.9. The van der Waals surface area contributed by atoms with E-state index in [9.17, 15) is 9.18 Å². The van der Waals surface area contributed by atoms with Crippen LogP contribution < -0.4 is 0 Å². The summed E-state index contributed by atoms with van der Waals surface area (Å²) in [6, 6.07) is 6.50. The van der Waals surface area contributed by atoms with Gasteiger partial charge in [0.15, 0.2) is 5.78 Å². The van der Waals surface area contributed by atoms with E-state index in [0.717, 1.165) is 13.0 Å². The number of hydrogen-bond acceptors (Lipinski definition) is 3. The van der Waals surface area contributed by atoms with E-state index in [1.807, 2.05) is 14.0 Å². The molecule has 4 heteroatoms. The van der Waals surface area contributed by atoms with Crippen molar-refractivity contribution in [3.8, 4) is 0 Å². The lowest BCUT2D eigenvalue weighted by Gasteiger charge is -2.26. The summed E-state index contributed by atoms with van der Waals surface area (Å²) in [5.41, 5.74) is 0.187. The number of likely N-dealkylation sites (N-methyl/N-ethyl adjacent to an activating group) is 1. The Morgan fingerprint density at radius 2 is 2.21 bits per heavy atom. The van der Waals surface area contributed by atoms with E-state index in [0.29, 0.717) is 19.0 Å². The van der Waals surface area contributed by atoms with Crippen LogP contribution in [0, 0.1) is 5.82 Å². The molecular weight excluding hydrogens is 245 g/mol. The van der Waals surface area contributed by atoms with Gasteiger partial charge in [-0.25, -0.2) is 4.39 Å². The lowest BCUT2D eigenvalue weighted by Crippen LogP contribution is -2.38. The predicted octanol–water partition coefficient (Wildman–Crippen LogP) is 2.51. The summed E-state index contributed by atoms with van der Waals surface area (Å²) >= 11 is 0. The maximum atomic E-state index is 13.5. The van der Waals surface area contributed by atoms with Gasteiger partial charge in [-0.2, -0.15) is 0 Å². The minimum absolute atomic E-state index is 0.142. The molecule has 3 nitrogen and oxygen atoms in total. The van der Waals surface area contributed by atoms with Gasteiger partial charge in [0.25, 0.3) is 0 Å². The largest absolute Gasteiger partial charge is 0.377 e. The molecule has 2 atom stereocenters. The van der Waals surface area contributed by atoms with E-state index in [2.05, 4.69) is 4.90 Å². The molecule has 1 heterocycles. The fraction of sp³-hybridized carbons (Fsp3) is 0.533. The van der Waals surface area contributed by atoms with Crippen LogP contribution in [0.5, 0.6) is 0 Å². The van der Waals surface area contributed by atoms with Crippen molar-refractivity contribution < 1.29 is 13.9 Å². The zero-order valence-corrected chi connectivity index (χ0v) is 11.4. The second-order valence-corrected chi connectivity index (χ2v) is 5.07. The minimum Gasteiger partial charge on any atom is -0.377 e. The summed E-state index contributed by atoms with van der Waals surface area (Å²) in [5, 5.41) is 0. The number of halogens is 1. The van der Waals surface area contributed by atoms with Crippen LogP contribution in [0.1, 0.15) is 30.1 Å². The SMILES string of the molecule is CC1OCCC1N(C)CCC(=O)c1ccccc1F. The average molecular weight is 265 g/mol. The maximum Gasteiger partial charge on any atom is 0.167 e. The molecule has 0 aliphatic carbocycles. The van der Waals surface area contributed by atoms with Crippen LogP contribution >= 0.6 is 0 Å². The molecule has 19 heavy (non-hydrogen) atoms. The predicted molar refractivity (Wildman–Crippen MR) is 71.8 cm³/mol. The highest BCUT2D eigenvalue weighted by Crippen LogP contribution is 2.18. The van der Waals surface area contributed by atoms with Crippen molar-refractivity contribution in [2.45, 2.75) is 31.9 Å². The maximum absolute atomic E-state index is 13.5. The van der Waals surface area contributed by atoms with E-state index in [1.165, 1.54) is 6.07 Å². The fourth-order valence-electron chi connectivity index (χ4n) is 2.56. The highest BCUT2D eigenvalue weighted by atomic mass is 19.1. The standard InChI is InChI=1S/C15H20FNO2/c1-11-14(8-10-19-11)17(2)9-7-15(18)12-5-3-4-6-13(12)16/h3-6,11,14H,7-10H2,1-2H3. The van der Waals surface area contributed by atoms with Crippen molar-refractivity contribution in [2.24, 2.45) is 0 Å². The number of Topliss-reactive ketones (excluding diaryl/α,β-unsaturated/α-hetero) is 1. The average Bonchev–Trinajstić information content (AvgIpc) is 2.82. The van der Waals surface area contributed by atoms with Crippen LogP contribution in [0.15, 0.2) is 24.3 Å². The van der Waals surface area contributed by atoms with E-state index in [-0.39, 0.29) is 17.5 Å². The van der Waals surface area contributed by atoms with Crippen molar-refractivity contribution in [2.75, 3.05) is 20.2 Å². The monoisotopic (exact) mass is 265 g/mol. The molecule has 0 bridgehead atoms. The summed E-state index contributed by atoms with van der Waals surface area (Å²) in [6.07, 6.45) is 1.53. The number of benzene rings is 1. The molecule has 2 unspecified atom stereocenters. The van der Waals surface area contributed by atoms with Crippen LogP contribution in [0.25, 0.3) is 0 Å². The smallest absolute Gasteiger partial charge is 0.167 e. The molecule has 0 radical (unpaired) electrons. The Labute approximate surface area is 113 Å². The van der Waals surface area contributed by atoms with Gasteiger partial charge in [0, 0.05) is 25.6 Å². The Kier molecular flexibility index (Phi) is 4.66. The highest BCUT2D eigenvalue weighted by molar-refractivity contribution is 5.96. The van der Waals surface area contributed by atoms with Gasteiger partial charge in [-0.05, 0) is 32.5 Å². The van der Waals surface area contributed by atoms with Crippen LogP contribution in [0.4, 0.5) is 4.39 Å². The summed E-state index contributed by atoms with van der Waals surface area (Å²) in [5.74, 6) is -0.579. The minimum atomic E-state index is -0.437. The number of rotatable bonds is 5. The van der Waals surface area contributed by atoms with Gasteiger partial charge >= 0.3 is 0 Å². The number of carbonyl (C=O) groups excluding carboxylic acids is 1. The van der Waals surface area contributed by atoms with Gasteiger partial charge in [0.2, 0.25) is 0 Å². The zero-order chi connectivity index (χ0) is 13.8. The first kappa shape index (κ1) is 14.2. The number of ketones is 1. The van der Waals surface area contributed by atoms with Crippen LogP contribution in [-0.4, -0.2) is 43.0 Å². The molecule has 1 aliphatic heterocycles. The second kappa shape index (κ2) is 6.26. The topological polar surface area (TPSA) is 29.5 Å². The van der Waals surface area contributed by atoms with Crippen molar-refractivity contribution in [1.29, 1.82) is 0 Å². The van der Waals surface area contributed by atoms with Gasteiger partial charge in [-0.1, -0.05) is 12.1 Å². The summed E-state index contributed by atoms with van der Waals surface area (Å²) in [4.78, 5) is 14.1. The third-order valence-electron chi connectivity index (χ3n) is 3.77. The third-order valence-corrected chi connectivity index (χ3v) is 3.77. The number of hydrogen-bond donors (Lipinski definition) is 0. The lowest BCUT2D eigenvalue weighted by molar-refractivity contribution is 0.0792. The first-order valence-corrected chi connectivity index (χ1v) is 6.69. The molecule has 0 N–H and O–H groups in total. The van der Waals surface area contributed by atoms with Gasteiger partial charge in [-0.3, -0.25) is 4.79 Å². The van der Waals surface area contributed by atoms with Gasteiger partial charge in [-0.15, -0.1) is 0 Å². The van der Waals surface area contributed by atoms with E-state index in [1.54, 1.807) is 18.2 Å². The molecule has 1 aliphatic rings. The van der Waals surface area contributed by atoms with Gasteiger partial charge < -0.3 is 9.64 Å².